The van der Waals surface area contributed by atoms with E-state index in [-0.39, 0.29) is 42.4 Å². The highest BCUT2D eigenvalue weighted by molar-refractivity contribution is 5.80. The lowest BCUT2D eigenvalue weighted by molar-refractivity contribution is -0.320. The summed E-state index contributed by atoms with van der Waals surface area (Å²) in [6, 6.07) is 10.1. The zero-order valence-corrected chi connectivity index (χ0v) is 20.0. The Morgan fingerprint density at radius 1 is 1.12 bits per heavy atom. The van der Waals surface area contributed by atoms with Crippen LogP contribution in [0.3, 0.4) is 0 Å². The molecule has 1 aromatic rings. The van der Waals surface area contributed by atoms with Crippen LogP contribution in [-0.2, 0) is 35.1 Å². The van der Waals surface area contributed by atoms with Crippen LogP contribution in [0.25, 0.3) is 0 Å². The summed E-state index contributed by atoms with van der Waals surface area (Å²) in [6.07, 6.45) is 1.69. The highest BCUT2D eigenvalue weighted by atomic mass is 16.7. The fourth-order valence-electron chi connectivity index (χ4n) is 4.62. The maximum Gasteiger partial charge on any atom is 0.302 e. The van der Waals surface area contributed by atoms with Gasteiger partial charge >= 0.3 is 5.97 Å². The van der Waals surface area contributed by atoms with E-state index >= 15 is 0 Å². The molecule has 2 aliphatic rings. The number of ketones is 1. The number of Topliss-reactive ketones (excluding diaryl/α,β-unsaturated/α-hetero) is 1. The van der Waals surface area contributed by atoms with Crippen molar-refractivity contribution in [3.63, 3.8) is 0 Å². The Morgan fingerprint density at radius 2 is 1.78 bits per heavy atom. The monoisotopic (exact) mass is 446 g/mol. The predicted molar refractivity (Wildman–Crippen MR) is 121 cm³/mol. The molecule has 6 heteroatoms. The van der Waals surface area contributed by atoms with E-state index in [1.54, 1.807) is 0 Å². The average molecular weight is 447 g/mol. The molecule has 0 aromatic heterocycles. The summed E-state index contributed by atoms with van der Waals surface area (Å²) in [6.45, 7) is 10.5. The minimum atomic E-state index is -0.762. The zero-order valence-electron chi connectivity index (χ0n) is 20.0. The lowest BCUT2D eigenvalue weighted by Gasteiger charge is -2.45. The van der Waals surface area contributed by atoms with Crippen LogP contribution in [0.4, 0.5) is 0 Å². The second-order valence-electron chi connectivity index (χ2n) is 9.87. The van der Waals surface area contributed by atoms with Gasteiger partial charge in [-0.25, -0.2) is 0 Å². The first-order chi connectivity index (χ1) is 15.1. The van der Waals surface area contributed by atoms with Crippen LogP contribution in [0.2, 0.25) is 0 Å². The van der Waals surface area contributed by atoms with Gasteiger partial charge < -0.3 is 18.9 Å². The van der Waals surface area contributed by atoms with Crippen LogP contribution in [0.5, 0.6) is 0 Å². The van der Waals surface area contributed by atoms with Crippen LogP contribution in [0.1, 0.15) is 65.9 Å². The Kier molecular flexibility index (Phi) is 8.48. The van der Waals surface area contributed by atoms with Crippen LogP contribution in [0, 0.1) is 17.8 Å². The number of ether oxygens (including phenoxy) is 4. The van der Waals surface area contributed by atoms with Crippen LogP contribution >= 0.6 is 0 Å². The van der Waals surface area contributed by atoms with Gasteiger partial charge in [0.25, 0.3) is 0 Å². The largest absolute Gasteiger partial charge is 0.462 e. The molecule has 0 radical (unpaired) electrons. The number of hydrogen-bond donors (Lipinski definition) is 0. The SMILES string of the molecule is CC(=O)O[C@@H](CC(=O)C[C@@H]1OC(C)(C)O[C@@H](CCOCc2ccccc2)[C@@H]1C)[C@@H]1C[C@H]1C. The van der Waals surface area contributed by atoms with Crippen molar-refractivity contribution < 1.29 is 28.5 Å². The molecule has 1 saturated carbocycles. The van der Waals surface area contributed by atoms with Gasteiger partial charge in [0.2, 0.25) is 0 Å². The number of hydrogen-bond acceptors (Lipinski definition) is 6. The van der Waals surface area contributed by atoms with Crippen LogP contribution in [0.15, 0.2) is 30.3 Å². The Morgan fingerprint density at radius 3 is 2.41 bits per heavy atom. The standard InChI is InChI=1S/C26H38O6/c1-17-13-22(17)25(30-19(3)27)15-21(28)14-24-18(2)23(31-26(4,5)32-24)11-12-29-16-20-9-7-6-8-10-20/h6-10,17-18,22-25H,11-16H2,1-5H3/t17-,18+,22-,23+,24+,25+/m1/s1. The van der Waals surface area contributed by atoms with Gasteiger partial charge in [-0.1, -0.05) is 44.2 Å². The highest BCUT2D eigenvalue weighted by Gasteiger charge is 2.44. The molecule has 1 aliphatic heterocycles. The van der Waals surface area contributed by atoms with Gasteiger partial charge in [0, 0.05) is 32.3 Å². The zero-order chi connectivity index (χ0) is 23.3. The summed E-state index contributed by atoms with van der Waals surface area (Å²) in [5.41, 5.74) is 1.14. The summed E-state index contributed by atoms with van der Waals surface area (Å²) in [4.78, 5) is 24.4. The van der Waals surface area contributed by atoms with Crippen molar-refractivity contribution in [2.75, 3.05) is 6.61 Å². The van der Waals surface area contributed by atoms with Gasteiger partial charge in [-0.15, -0.1) is 0 Å². The lowest BCUT2D eigenvalue weighted by Crippen LogP contribution is -2.51. The maximum absolute atomic E-state index is 12.9. The first-order valence-electron chi connectivity index (χ1n) is 11.8. The average Bonchev–Trinajstić information content (AvgIpc) is 3.44. The molecule has 0 unspecified atom stereocenters. The highest BCUT2D eigenvalue weighted by Crippen LogP contribution is 2.43. The smallest absolute Gasteiger partial charge is 0.302 e. The maximum atomic E-state index is 12.9. The van der Waals surface area contributed by atoms with Gasteiger partial charge in [0.1, 0.15) is 11.9 Å². The third-order valence-corrected chi connectivity index (χ3v) is 6.53. The normalized spacial score (nSPS) is 29.8. The van der Waals surface area contributed by atoms with Gasteiger partial charge in [-0.2, -0.15) is 0 Å². The molecule has 1 aliphatic carbocycles. The van der Waals surface area contributed by atoms with E-state index in [2.05, 4.69) is 13.8 Å². The van der Waals surface area contributed by atoms with Crippen molar-refractivity contribution >= 4 is 11.8 Å². The van der Waals surface area contributed by atoms with Crippen molar-refractivity contribution in [1.29, 1.82) is 0 Å². The van der Waals surface area contributed by atoms with E-state index in [4.69, 9.17) is 18.9 Å². The van der Waals surface area contributed by atoms with E-state index in [1.807, 2.05) is 44.2 Å². The van der Waals surface area contributed by atoms with Crippen LogP contribution < -0.4 is 0 Å². The third kappa shape index (κ3) is 7.39. The molecule has 1 saturated heterocycles. The first kappa shape index (κ1) is 24.9. The summed E-state index contributed by atoms with van der Waals surface area (Å²) < 4.78 is 23.6. The molecule has 3 rings (SSSR count). The molecule has 6 nitrogen and oxygen atoms in total. The Hall–Kier alpha value is -1.76. The molecule has 2 fully saturated rings. The minimum Gasteiger partial charge on any atom is -0.462 e. The van der Waals surface area contributed by atoms with Gasteiger partial charge in [0.05, 0.1) is 18.8 Å². The van der Waals surface area contributed by atoms with Crippen molar-refractivity contribution in [2.45, 2.75) is 91.0 Å². The Bertz CT molecular complexity index is 761. The van der Waals surface area contributed by atoms with Gasteiger partial charge in [-0.3, -0.25) is 9.59 Å². The molecule has 1 heterocycles. The van der Waals surface area contributed by atoms with E-state index < -0.39 is 5.79 Å². The molecule has 32 heavy (non-hydrogen) atoms. The van der Waals surface area contributed by atoms with Gasteiger partial charge in [-0.05, 0) is 44.1 Å². The number of esters is 1. The fraction of sp³-hybridized carbons (Fsp3) is 0.692. The molecule has 6 atom stereocenters. The number of rotatable bonds is 11. The predicted octanol–water partition coefficient (Wildman–Crippen LogP) is 4.69. The molecular weight excluding hydrogens is 408 g/mol. The quantitative estimate of drug-likeness (QED) is 0.363. The summed E-state index contributed by atoms with van der Waals surface area (Å²) >= 11 is 0. The second kappa shape index (κ2) is 10.9. The second-order valence-corrected chi connectivity index (χ2v) is 9.87. The molecule has 0 spiro atoms. The van der Waals surface area contributed by atoms with Crippen molar-refractivity contribution in [3.8, 4) is 0 Å². The number of carbonyl (C=O) groups is 2. The Labute approximate surface area is 191 Å². The van der Waals surface area contributed by atoms with E-state index in [9.17, 15) is 9.59 Å². The number of carbonyl (C=O) groups excluding carboxylic acids is 2. The molecular formula is C26H38O6. The first-order valence-corrected chi connectivity index (χ1v) is 11.8. The molecule has 1 aromatic carbocycles. The van der Waals surface area contributed by atoms with Gasteiger partial charge in [0.15, 0.2) is 5.79 Å². The van der Waals surface area contributed by atoms with E-state index in [0.29, 0.717) is 31.5 Å². The third-order valence-electron chi connectivity index (χ3n) is 6.53. The van der Waals surface area contributed by atoms with Crippen molar-refractivity contribution in [2.24, 2.45) is 17.8 Å². The molecule has 0 N–H and O–H groups in total. The van der Waals surface area contributed by atoms with Crippen molar-refractivity contribution in [3.05, 3.63) is 35.9 Å². The fourth-order valence-corrected chi connectivity index (χ4v) is 4.62. The Balaban J connectivity index is 1.51. The molecule has 0 amide bonds. The molecule has 0 bridgehead atoms. The summed E-state index contributed by atoms with van der Waals surface area (Å²) in [5, 5.41) is 0. The topological polar surface area (TPSA) is 71.1 Å². The number of benzene rings is 1. The molecule has 178 valence electrons. The minimum absolute atomic E-state index is 0.0549. The summed E-state index contributed by atoms with van der Waals surface area (Å²) in [7, 11) is 0. The summed E-state index contributed by atoms with van der Waals surface area (Å²) in [5.74, 6) is -0.161. The lowest BCUT2D eigenvalue weighted by atomic mass is 9.89. The van der Waals surface area contributed by atoms with E-state index in [0.717, 1.165) is 18.4 Å². The van der Waals surface area contributed by atoms with Crippen molar-refractivity contribution in [1.82, 2.24) is 0 Å². The van der Waals surface area contributed by atoms with E-state index in [1.165, 1.54) is 6.92 Å². The van der Waals surface area contributed by atoms with Crippen LogP contribution in [-0.4, -0.2) is 42.5 Å².